The largest absolute Gasteiger partial charge is 0.503 e. The van der Waals surface area contributed by atoms with Crippen LogP contribution >= 0.6 is 12.4 Å². The predicted molar refractivity (Wildman–Crippen MR) is 240 cm³/mol. The number of hydrogen-bond donors (Lipinski definition) is 3. The van der Waals surface area contributed by atoms with E-state index in [0.29, 0.717) is 0 Å². The molecule has 0 amide bonds. The van der Waals surface area contributed by atoms with Crippen LogP contribution in [0.2, 0.25) is 0 Å². The van der Waals surface area contributed by atoms with Crippen molar-refractivity contribution >= 4 is 42.1 Å². The third kappa shape index (κ3) is 16.3. The Kier molecular flexibility index (Phi) is 23.0. The van der Waals surface area contributed by atoms with E-state index in [2.05, 4.69) is 40.7 Å². The van der Waals surface area contributed by atoms with Crippen molar-refractivity contribution < 1.29 is 57.9 Å². The van der Waals surface area contributed by atoms with Gasteiger partial charge in [0.25, 0.3) is 0 Å². The van der Waals surface area contributed by atoms with Gasteiger partial charge in [-0.05, 0) is 56.9 Å². The molecule has 4 aromatic rings. The van der Waals surface area contributed by atoms with Gasteiger partial charge in [-0.1, -0.05) is 83.1 Å². The lowest BCUT2D eigenvalue weighted by Crippen LogP contribution is -2.33. The number of methoxy groups -OCH3 is 2. The minimum Gasteiger partial charge on any atom is -0.503 e. The minimum atomic E-state index is -1.29. The van der Waals surface area contributed by atoms with E-state index in [-0.39, 0.29) is 71.8 Å². The molecular formula is C47H62ClN3O12. The second-order valence-corrected chi connectivity index (χ2v) is 15.2. The van der Waals surface area contributed by atoms with Crippen LogP contribution in [0.1, 0.15) is 117 Å². The second kappa shape index (κ2) is 26.4. The molecule has 0 saturated carbocycles. The molecule has 2 heterocycles. The van der Waals surface area contributed by atoms with Crippen molar-refractivity contribution in [3.8, 4) is 23.0 Å². The highest BCUT2D eigenvalue weighted by atomic mass is 35.5. The van der Waals surface area contributed by atoms with Crippen LogP contribution in [0.4, 0.5) is 0 Å². The first kappa shape index (κ1) is 55.0. The molecule has 2 aromatic heterocycles. The van der Waals surface area contributed by atoms with E-state index < -0.39 is 53.0 Å². The molecule has 2 aromatic carbocycles. The van der Waals surface area contributed by atoms with Crippen LogP contribution in [0.5, 0.6) is 23.0 Å². The lowest BCUT2D eigenvalue weighted by Gasteiger charge is -2.23. The Balaban J connectivity index is 0.000000548. The average Bonchev–Trinajstić information content (AvgIpc) is 3.23. The number of nitrogens with two attached hydrogens (primary N) is 1. The molecule has 0 fully saturated rings. The Morgan fingerprint density at radius 2 is 1.10 bits per heavy atom. The van der Waals surface area contributed by atoms with Gasteiger partial charge in [-0.3, -0.25) is 19.2 Å². The highest BCUT2D eigenvalue weighted by molar-refractivity contribution is 6.00. The third-order valence-corrected chi connectivity index (χ3v) is 9.97. The van der Waals surface area contributed by atoms with E-state index in [1.165, 1.54) is 49.9 Å². The van der Waals surface area contributed by atoms with E-state index in [9.17, 15) is 29.1 Å². The number of nitrogens with zero attached hydrogens (tertiary/aromatic N) is 2. The summed E-state index contributed by atoms with van der Waals surface area (Å²) in [4.78, 5) is 67.2. The Morgan fingerprint density at radius 1 is 0.651 bits per heavy atom. The molecular weight excluding hydrogens is 834 g/mol. The molecule has 63 heavy (non-hydrogen) atoms. The number of carbonyl (C=O) groups excluding carboxylic acids is 4. The molecule has 0 radical (unpaired) electrons. The Hall–Kier alpha value is -6.06. The number of aryl methyl sites for hydroxylation is 2. The number of carbonyl (C=O) groups is 5. The van der Waals surface area contributed by atoms with Gasteiger partial charge in [-0.25, -0.2) is 14.8 Å². The van der Waals surface area contributed by atoms with E-state index in [1.807, 2.05) is 64.1 Å². The van der Waals surface area contributed by atoms with Crippen molar-refractivity contribution in [2.75, 3.05) is 14.2 Å². The van der Waals surface area contributed by atoms with Crippen molar-refractivity contribution in [2.24, 2.45) is 17.6 Å². The maximum absolute atomic E-state index is 13.0. The number of ether oxygens (including phenoxy) is 5. The van der Waals surface area contributed by atoms with E-state index >= 15 is 0 Å². The third-order valence-electron chi connectivity index (χ3n) is 9.97. The molecule has 15 nitrogen and oxygen atoms in total. The summed E-state index contributed by atoms with van der Waals surface area (Å²) in [6.07, 6.45) is 1.97. The number of esters is 3. The smallest absolute Gasteiger partial charge is 0.358 e. The number of aromatic carboxylic acids is 1. The summed E-state index contributed by atoms with van der Waals surface area (Å²) in [7, 11) is 2.74. The number of Topliss-reactive ketones (excluding diaryl/α,β-unsaturated/α-hetero) is 1. The maximum Gasteiger partial charge on any atom is 0.358 e. The van der Waals surface area contributed by atoms with Gasteiger partial charge < -0.3 is 39.6 Å². The van der Waals surface area contributed by atoms with Crippen LogP contribution in [-0.4, -0.2) is 82.3 Å². The van der Waals surface area contributed by atoms with Crippen LogP contribution in [0.25, 0.3) is 0 Å². The Morgan fingerprint density at radius 3 is 1.52 bits per heavy atom. The zero-order chi connectivity index (χ0) is 46.8. The number of hydrogen-bond acceptors (Lipinski definition) is 14. The topological polar surface area (TPSA) is 224 Å². The van der Waals surface area contributed by atoms with E-state index in [1.54, 1.807) is 27.7 Å². The van der Waals surface area contributed by atoms with Crippen LogP contribution in [0, 0.1) is 25.7 Å². The molecule has 6 atom stereocenters. The molecule has 0 saturated heterocycles. The van der Waals surface area contributed by atoms with Crippen LogP contribution < -0.4 is 19.9 Å². The summed E-state index contributed by atoms with van der Waals surface area (Å²) in [5, 5.41) is 17.7. The first-order valence-corrected chi connectivity index (χ1v) is 20.2. The summed E-state index contributed by atoms with van der Waals surface area (Å²) in [6.45, 7) is 18.5. The zero-order valence-electron chi connectivity index (χ0n) is 38.0. The number of halogens is 1. The fraction of sp³-hybridized carbons (Fsp3) is 0.426. The Bertz CT molecular complexity index is 2140. The van der Waals surface area contributed by atoms with Crippen molar-refractivity contribution in [2.45, 2.75) is 106 Å². The summed E-state index contributed by atoms with van der Waals surface area (Å²) in [5.41, 5.74) is 9.67. The quantitative estimate of drug-likeness (QED) is 0.0712. The number of carboxylic acids is 1. The van der Waals surface area contributed by atoms with Crippen LogP contribution in [-0.2, 0) is 23.9 Å². The van der Waals surface area contributed by atoms with Gasteiger partial charge in [-0.15, -0.1) is 12.4 Å². The van der Waals surface area contributed by atoms with Crippen molar-refractivity contribution in [3.05, 3.63) is 107 Å². The molecule has 0 aliphatic carbocycles. The average molecular weight is 896 g/mol. The fourth-order valence-electron chi connectivity index (χ4n) is 5.82. The summed E-state index contributed by atoms with van der Waals surface area (Å²) in [6, 6.07) is 18.4. The fourth-order valence-corrected chi connectivity index (χ4v) is 5.82. The van der Waals surface area contributed by atoms with Gasteiger partial charge in [0.1, 0.15) is 18.2 Å². The normalized spacial score (nSPS) is 13.3. The van der Waals surface area contributed by atoms with Crippen molar-refractivity contribution in [1.82, 2.24) is 9.97 Å². The summed E-state index contributed by atoms with van der Waals surface area (Å²) >= 11 is 0. The number of benzene rings is 2. The maximum atomic E-state index is 13.0. The van der Waals surface area contributed by atoms with Crippen LogP contribution in [0.15, 0.2) is 73.1 Å². The van der Waals surface area contributed by atoms with Gasteiger partial charge in [0.2, 0.25) is 5.75 Å². The molecule has 0 unspecified atom stereocenters. The number of aromatic hydroxyl groups is 1. The van der Waals surface area contributed by atoms with E-state index in [4.69, 9.17) is 29.8 Å². The lowest BCUT2D eigenvalue weighted by atomic mass is 9.92. The van der Waals surface area contributed by atoms with Gasteiger partial charge in [0.05, 0.1) is 26.1 Å². The Labute approximate surface area is 376 Å². The molecule has 0 spiro atoms. The monoisotopic (exact) mass is 895 g/mol. The van der Waals surface area contributed by atoms with Crippen molar-refractivity contribution in [3.63, 3.8) is 0 Å². The number of ketones is 1. The predicted octanol–water partition coefficient (Wildman–Crippen LogP) is 8.20. The summed E-state index contributed by atoms with van der Waals surface area (Å²) in [5.74, 6) is -4.16. The number of rotatable bonds is 16. The second-order valence-electron chi connectivity index (χ2n) is 15.2. The van der Waals surface area contributed by atoms with Gasteiger partial charge in [0.15, 0.2) is 34.4 Å². The summed E-state index contributed by atoms with van der Waals surface area (Å²) < 4.78 is 26.3. The molecule has 0 aliphatic rings. The number of pyridine rings is 2. The molecule has 0 aliphatic heterocycles. The molecule has 0 bridgehead atoms. The standard InChI is InChI=1S/C26H33NO6.C14H21NO2.C7H7NO4.ClH/c1-15(2)25(29)33-24-22(31-7)12-13-27-23(24)21(28)14-17(4)26(30)32-19(6)18(5)20-11-9-8-10-16(20)3;1-9-7-5-6-8-13(9)10(2)12(4)17-14(16)11(3)15;1-12-4-2-3-8-5(6(4)9)7(10)11;/h8-13,15,17-19H,14H2,1-7H3;5-8,10-12H,15H2,1-4H3;2-3,9H,1H3,(H,10,11);1H/t17-,18-,19+;10-,11+,12+;;/m11../s1. The van der Waals surface area contributed by atoms with Crippen LogP contribution in [0.3, 0.4) is 0 Å². The molecule has 344 valence electrons. The van der Waals surface area contributed by atoms with Crippen molar-refractivity contribution in [1.29, 1.82) is 0 Å². The van der Waals surface area contributed by atoms with Gasteiger partial charge in [0, 0.05) is 42.8 Å². The van der Waals surface area contributed by atoms with E-state index in [0.717, 1.165) is 11.1 Å². The highest BCUT2D eigenvalue weighted by Gasteiger charge is 2.29. The molecule has 4 N–H and O–H groups in total. The highest BCUT2D eigenvalue weighted by Crippen LogP contribution is 2.32. The zero-order valence-corrected chi connectivity index (χ0v) is 38.9. The molecule has 4 rings (SSSR count). The lowest BCUT2D eigenvalue weighted by molar-refractivity contribution is -0.153. The molecule has 16 heteroatoms. The number of carboxylic acid groups (broad SMARTS) is 1. The first-order chi connectivity index (χ1) is 29.2. The first-order valence-electron chi connectivity index (χ1n) is 20.2. The van der Waals surface area contributed by atoms with Gasteiger partial charge >= 0.3 is 23.9 Å². The van der Waals surface area contributed by atoms with Gasteiger partial charge in [-0.2, -0.15) is 0 Å². The number of aromatic nitrogens is 2. The SMILES string of the molecule is COc1ccnc(C(=O)C[C@@H](C)C(=O)O[C@@H](C)[C@@H](C)c2ccccc2C)c1OC(=O)C(C)C.COc1ccnc(C(=O)O)c1O.Cc1ccccc1[C@H](C)[C@H](C)OC(=O)[C@H](C)N.Cl. The minimum absolute atomic E-state index is 0.